The molecular formula is C32H40N4O4. The van der Waals surface area contributed by atoms with Gasteiger partial charge in [-0.15, -0.1) is 0 Å². The van der Waals surface area contributed by atoms with E-state index < -0.39 is 23.3 Å². The minimum atomic E-state index is -0.935. The van der Waals surface area contributed by atoms with E-state index in [1.165, 1.54) is 0 Å². The summed E-state index contributed by atoms with van der Waals surface area (Å²) in [5.41, 5.74) is 9.70. The van der Waals surface area contributed by atoms with Gasteiger partial charge in [0.05, 0.1) is 24.0 Å². The Morgan fingerprint density at radius 1 is 1.10 bits per heavy atom. The molecule has 2 aromatic rings. The third kappa shape index (κ3) is 4.56. The Morgan fingerprint density at radius 2 is 1.93 bits per heavy atom. The first-order valence-electron chi connectivity index (χ1n) is 14.7. The first kappa shape index (κ1) is 26.8. The summed E-state index contributed by atoms with van der Waals surface area (Å²) >= 11 is 0. The highest BCUT2D eigenvalue weighted by Gasteiger charge is 2.45. The van der Waals surface area contributed by atoms with Crippen molar-refractivity contribution < 1.29 is 19.4 Å². The van der Waals surface area contributed by atoms with Gasteiger partial charge in [-0.2, -0.15) is 0 Å². The van der Waals surface area contributed by atoms with Crippen LogP contribution in [0.25, 0.3) is 0 Å². The fourth-order valence-electron chi connectivity index (χ4n) is 7.04. The number of nitrogens with two attached hydrogens (primary N) is 1. The van der Waals surface area contributed by atoms with Gasteiger partial charge in [-0.3, -0.25) is 14.5 Å². The van der Waals surface area contributed by atoms with E-state index >= 15 is 0 Å². The van der Waals surface area contributed by atoms with Crippen molar-refractivity contribution in [3.05, 3.63) is 64.2 Å². The van der Waals surface area contributed by atoms with Crippen molar-refractivity contribution in [1.29, 1.82) is 0 Å². The van der Waals surface area contributed by atoms with Gasteiger partial charge in [-0.05, 0) is 99.7 Å². The van der Waals surface area contributed by atoms with Gasteiger partial charge in [-0.1, -0.05) is 25.5 Å². The summed E-state index contributed by atoms with van der Waals surface area (Å²) in [6, 6.07) is 10.9. The summed E-state index contributed by atoms with van der Waals surface area (Å²) < 4.78 is 6.17. The van der Waals surface area contributed by atoms with Crippen molar-refractivity contribution in [2.45, 2.75) is 108 Å². The van der Waals surface area contributed by atoms with Gasteiger partial charge in [0.15, 0.2) is 5.96 Å². The van der Waals surface area contributed by atoms with Crippen LogP contribution in [0.15, 0.2) is 41.4 Å². The molecule has 0 fully saturated rings. The van der Waals surface area contributed by atoms with Gasteiger partial charge in [0, 0.05) is 11.1 Å². The smallest absolute Gasteiger partial charge is 0.251 e. The topological polar surface area (TPSA) is 117 Å². The monoisotopic (exact) mass is 544 g/mol. The van der Waals surface area contributed by atoms with E-state index in [9.17, 15) is 14.7 Å². The van der Waals surface area contributed by atoms with Crippen molar-refractivity contribution in [3.8, 4) is 5.75 Å². The molecule has 4 aliphatic heterocycles. The van der Waals surface area contributed by atoms with Gasteiger partial charge < -0.3 is 20.9 Å². The van der Waals surface area contributed by atoms with Crippen LogP contribution in [0.1, 0.15) is 110 Å². The zero-order valence-corrected chi connectivity index (χ0v) is 23.7. The van der Waals surface area contributed by atoms with E-state index in [1.807, 2.05) is 38.1 Å². The van der Waals surface area contributed by atoms with E-state index in [0.29, 0.717) is 23.7 Å². The van der Waals surface area contributed by atoms with Gasteiger partial charge in [0.1, 0.15) is 17.5 Å². The molecule has 0 spiro atoms. The van der Waals surface area contributed by atoms with E-state index in [0.717, 1.165) is 73.6 Å². The number of carbonyl (C=O) groups is 2. The fraction of sp³-hybridized carbons (Fsp3) is 0.531. The number of ether oxygens (including phenoxy) is 1. The SMILES string of the molecule is CC[C@@]12CCCCc3ccc4c(c3)[C@@H](NC(=O)c3ccc5c(c3)[C@@H](CCC5)N(C(=O)C1)C(N)=N2)[C@H](O)C(C)(C)O4. The predicted molar refractivity (Wildman–Crippen MR) is 153 cm³/mol. The summed E-state index contributed by atoms with van der Waals surface area (Å²) in [7, 11) is 0. The molecule has 0 unspecified atom stereocenters. The molecule has 7 rings (SSSR count). The third-order valence-electron chi connectivity index (χ3n) is 9.46. The molecule has 6 bridgehead atoms. The van der Waals surface area contributed by atoms with Crippen LogP contribution < -0.4 is 15.8 Å². The number of benzene rings is 2. The van der Waals surface area contributed by atoms with Crippen molar-refractivity contribution in [3.63, 3.8) is 0 Å². The highest BCUT2D eigenvalue weighted by atomic mass is 16.5. The number of aliphatic hydroxyl groups excluding tert-OH is 1. The van der Waals surface area contributed by atoms with Crippen LogP contribution in [0, 0.1) is 0 Å². The lowest BCUT2D eigenvalue weighted by atomic mass is 9.82. The van der Waals surface area contributed by atoms with Crippen LogP contribution in [-0.2, 0) is 17.6 Å². The van der Waals surface area contributed by atoms with Crippen LogP contribution in [0.5, 0.6) is 5.75 Å². The molecule has 5 aliphatic rings. The number of aliphatic hydroxyl groups is 1. The fourth-order valence-corrected chi connectivity index (χ4v) is 7.04. The molecule has 0 radical (unpaired) electrons. The third-order valence-corrected chi connectivity index (χ3v) is 9.46. The van der Waals surface area contributed by atoms with Gasteiger partial charge in [-0.25, -0.2) is 4.99 Å². The number of hydrogen-bond acceptors (Lipinski definition) is 6. The number of nitrogens with zero attached hydrogens (tertiary/aromatic N) is 2. The lowest BCUT2D eigenvalue weighted by Gasteiger charge is -2.43. The molecule has 8 heteroatoms. The largest absolute Gasteiger partial charge is 0.485 e. The lowest BCUT2D eigenvalue weighted by molar-refractivity contribution is -0.131. The van der Waals surface area contributed by atoms with E-state index in [2.05, 4.69) is 24.4 Å². The number of hydrogen-bond donors (Lipinski definition) is 3. The molecule has 0 saturated heterocycles. The summed E-state index contributed by atoms with van der Waals surface area (Å²) in [5, 5.41) is 14.5. The molecule has 4 atom stereocenters. The maximum atomic E-state index is 13.7. The van der Waals surface area contributed by atoms with Crippen LogP contribution in [0.3, 0.4) is 0 Å². The molecular weight excluding hydrogens is 504 g/mol. The maximum Gasteiger partial charge on any atom is 0.251 e. The van der Waals surface area contributed by atoms with Crippen LogP contribution >= 0.6 is 0 Å². The average molecular weight is 545 g/mol. The van der Waals surface area contributed by atoms with Crippen LogP contribution in [0.2, 0.25) is 0 Å². The Bertz CT molecular complexity index is 1380. The van der Waals surface area contributed by atoms with E-state index in [4.69, 9.17) is 15.5 Å². The zero-order chi connectivity index (χ0) is 28.2. The Hall–Kier alpha value is -3.39. The molecule has 4 N–H and O–H groups in total. The van der Waals surface area contributed by atoms with Crippen molar-refractivity contribution in [2.75, 3.05) is 0 Å². The van der Waals surface area contributed by atoms with Gasteiger partial charge in [0.2, 0.25) is 5.91 Å². The number of rotatable bonds is 1. The molecule has 8 nitrogen and oxygen atoms in total. The Morgan fingerprint density at radius 3 is 2.70 bits per heavy atom. The summed E-state index contributed by atoms with van der Waals surface area (Å²) in [5.74, 6) is 0.709. The summed E-state index contributed by atoms with van der Waals surface area (Å²) in [6.07, 6.45) is 6.22. The van der Waals surface area contributed by atoms with Crippen molar-refractivity contribution >= 4 is 17.8 Å². The highest BCUT2D eigenvalue weighted by molar-refractivity contribution is 6.00. The minimum Gasteiger partial charge on any atom is -0.485 e. The molecule has 2 amide bonds. The van der Waals surface area contributed by atoms with E-state index in [1.54, 1.807) is 4.90 Å². The molecule has 212 valence electrons. The normalized spacial score (nSPS) is 29.6. The number of fused-ring (bicyclic) bond motifs is 5. The summed E-state index contributed by atoms with van der Waals surface area (Å²) in [6.45, 7) is 5.76. The number of nitrogens with one attached hydrogen (secondary N) is 1. The number of carbonyl (C=O) groups excluding carboxylic acids is 2. The first-order chi connectivity index (χ1) is 19.1. The van der Waals surface area contributed by atoms with E-state index in [-0.39, 0.29) is 17.9 Å². The Kier molecular flexibility index (Phi) is 6.64. The maximum absolute atomic E-state index is 13.7. The number of aliphatic imine (C=N–C) groups is 1. The van der Waals surface area contributed by atoms with Crippen LogP contribution in [0.4, 0.5) is 0 Å². The number of aryl methyl sites for hydroxylation is 2. The number of guanidine groups is 1. The number of amides is 2. The predicted octanol–water partition coefficient (Wildman–Crippen LogP) is 4.49. The van der Waals surface area contributed by atoms with Crippen molar-refractivity contribution in [1.82, 2.24) is 10.2 Å². The average Bonchev–Trinajstić information content (AvgIpc) is 2.92. The highest BCUT2D eigenvalue weighted by Crippen LogP contribution is 2.42. The van der Waals surface area contributed by atoms with Gasteiger partial charge in [0.25, 0.3) is 5.91 Å². The van der Waals surface area contributed by atoms with Crippen LogP contribution in [-0.4, -0.2) is 45.0 Å². The molecule has 1 aliphatic carbocycles. The molecule has 2 aromatic carbocycles. The standard InChI is InChI=1S/C32H40N4O4/c1-4-32-15-6-5-8-19-11-14-25-23(16-19)27(28(38)31(2,3)40-25)34-29(39)21-13-12-20-9-7-10-24(22(20)17-21)36(26(37)18-32)30(33)35-32/h11-14,16-17,24,27-28,38H,4-10,15,18H2,1-3H3,(H2,33,35)(H,34,39)/t24-,27-,28+,32-/m1/s1. The zero-order valence-electron chi connectivity index (χ0n) is 23.7. The second-order valence-corrected chi connectivity index (χ2v) is 12.5. The van der Waals surface area contributed by atoms with Gasteiger partial charge >= 0.3 is 0 Å². The minimum absolute atomic E-state index is 0.0101. The molecule has 0 saturated carbocycles. The first-order valence-corrected chi connectivity index (χ1v) is 14.7. The quantitative estimate of drug-likeness (QED) is 0.489. The molecule has 40 heavy (non-hydrogen) atoms. The summed E-state index contributed by atoms with van der Waals surface area (Å²) in [4.78, 5) is 34.1. The lowest BCUT2D eigenvalue weighted by Crippen LogP contribution is -2.53. The Labute approximate surface area is 236 Å². The second-order valence-electron chi connectivity index (χ2n) is 12.5. The second kappa shape index (κ2) is 9.91. The Balaban J connectivity index is 1.45. The van der Waals surface area contributed by atoms with Crippen molar-refractivity contribution in [2.24, 2.45) is 10.7 Å². The molecule has 4 heterocycles. The molecule has 0 aromatic heterocycles.